The van der Waals surface area contributed by atoms with Gasteiger partial charge in [-0.1, -0.05) is 57.2 Å². The first kappa shape index (κ1) is 54.1. The molecule has 3 fully saturated rings. The number of halogens is 3. The molecule has 1 unspecified atom stereocenters. The van der Waals surface area contributed by atoms with Crippen molar-refractivity contribution in [3.63, 3.8) is 0 Å². The average molecular weight is 1080 g/mol. The van der Waals surface area contributed by atoms with E-state index in [4.69, 9.17) is 4.74 Å². The summed E-state index contributed by atoms with van der Waals surface area (Å²) in [5.41, 5.74) is 5.22. The summed E-state index contributed by atoms with van der Waals surface area (Å²) < 4.78 is 79.0. The molecule has 4 N–H and O–H groups in total. The van der Waals surface area contributed by atoms with Crippen LogP contribution in [0.1, 0.15) is 67.2 Å². The van der Waals surface area contributed by atoms with Gasteiger partial charge in [0.25, 0.3) is 0 Å². The Balaban J connectivity index is 0.730. The number of carbonyl (C=O) groups is 4. The molecular formula is C54H61F3N10O7S2. The fourth-order valence-corrected chi connectivity index (χ4v) is 11.9. The number of thiazole rings is 1. The molecule has 402 valence electrons. The number of hydrogen-bond donors (Lipinski definition) is 4. The Kier molecular flexibility index (Phi) is 16.3. The molecule has 3 aromatic heterocycles. The lowest BCUT2D eigenvalue weighted by Crippen LogP contribution is -2.58. The maximum Gasteiger partial charge on any atom is 0.301 e. The van der Waals surface area contributed by atoms with Crippen LogP contribution >= 0.6 is 11.3 Å². The Bertz CT molecular complexity index is 3210. The van der Waals surface area contributed by atoms with Gasteiger partial charge in [0.1, 0.15) is 36.3 Å². The first-order valence-electron chi connectivity index (χ1n) is 25.3. The maximum atomic E-state index is 15.8. The molecule has 22 heteroatoms. The predicted molar refractivity (Wildman–Crippen MR) is 285 cm³/mol. The van der Waals surface area contributed by atoms with E-state index in [2.05, 4.69) is 35.4 Å². The van der Waals surface area contributed by atoms with E-state index in [1.807, 2.05) is 86.5 Å². The number of H-pyrrole nitrogens is 1. The monoisotopic (exact) mass is 1080 g/mol. The zero-order valence-corrected chi connectivity index (χ0v) is 44.3. The number of anilines is 2. The summed E-state index contributed by atoms with van der Waals surface area (Å²) in [5.74, 6) is -4.54. The normalized spacial score (nSPS) is 18.0. The third kappa shape index (κ3) is 12.1. The third-order valence-corrected chi connectivity index (χ3v) is 16.6. The van der Waals surface area contributed by atoms with Crippen LogP contribution < -0.4 is 20.3 Å². The lowest BCUT2D eigenvalue weighted by Gasteiger charge is -2.36. The highest BCUT2D eigenvalue weighted by molar-refractivity contribution is 7.90. The van der Waals surface area contributed by atoms with Crippen LogP contribution in [0.15, 0.2) is 84.6 Å². The molecular weight excluding hydrogens is 1020 g/mol. The smallest absolute Gasteiger partial charge is 0.301 e. The highest BCUT2D eigenvalue weighted by Crippen LogP contribution is 2.33. The number of piperazine rings is 1. The van der Waals surface area contributed by atoms with E-state index in [-0.39, 0.29) is 37.0 Å². The van der Waals surface area contributed by atoms with Crippen LogP contribution in [0.2, 0.25) is 0 Å². The van der Waals surface area contributed by atoms with Crippen LogP contribution in [0.3, 0.4) is 0 Å². The lowest BCUT2D eigenvalue weighted by molar-refractivity contribution is -0.144. The molecule has 6 aromatic rings. The molecule has 0 bridgehead atoms. The van der Waals surface area contributed by atoms with E-state index in [1.165, 1.54) is 6.20 Å². The van der Waals surface area contributed by atoms with Gasteiger partial charge < -0.3 is 30.2 Å². The number of aryl methyl sites for hydroxylation is 1. The number of pyridine rings is 1. The van der Waals surface area contributed by atoms with Crippen molar-refractivity contribution in [3.05, 3.63) is 119 Å². The molecule has 3 atom stereocenters. The molecule has 6 heterocycles. The fraction of sp³-hybridized carbons (Fsp3) is 0.407. The number of carbonyl (C=O) groups excluding carboxylic acids is 4. The van der Waals surface area contributed by atoms with Gasteiger partial charge in [0, 0.05) is 93.5 Å². The van der Waals surface area contributed by atoms with Gasteiger partial charge in [-0.15, -0.1) is 11.3 Å². The second-order valence-electron chi connectivity index (χ2n) is 20.5. The lowest BCUT2D eigenvalue weighted by atomic mass is 9.85. The summed E-state index contributed by atoms with van der Waals surface area (Å²) in [4.78, 5) is 73.4. The van der Waals surface area contributed by atoms with Crippen molar-refractivity contribution in [1.82, 2.24) is 39.7 Å². The first-order chi connectivity index (χ1) is 36.3. The number of likely N-dealkylation sites (tertiary alicyclic amines) is 1. The number of nitrogens with one attached hydrogen (secondary N) is 4. The zero-order chi connectivity index (χ0) is 53.9. The van der Waals surface area contributed by atoms with Gasteiger partial charge in [0.05, 0.1) is 33.9 Å². The van der Waals surface area contributed by atoms with Crippen molar-refractivity contribution < 1.29 is 45.5 Å². The number of hydrogen-bond acceptors (Lipinski definition) is 12. The minimum atomic E-state index is -4.37. The van der Waals surface area contributed by atoms with Gasteiger partial charge in [-0.2, -0.15) is 12.7 Å². The van der Waals surface area contributed by atoms with E-state index in [0.717, 1.165) is 75.6 Å². The fourth-order valence-electron chi connectivity index (χ4n) is 9.87. The maximum absolute atomic E-state index is 15.8. The Morgan fingerprint density at radius 3 is 2.33 bits per heavy atom. The molecule has 0 aliphatic carbocycles. The molecule has 9 rings (SSSR count). The Morgan fingerprint density at radius 2 is 1.64 bits per heavy atom. The van der Waals surface area contributed by atoms with E-state index < -0.39 is 75.0 Å². The van der Waals surface area contributed by atoms with Gasteiger partial charge in [0.2, 0.25) is 23.5 Å². The van der Waals surface area contributed by atoms with Gasteiger partial charge in [-0.3, -0.25) is 28.8 Å². The van der Waals surface area contributed by atoms with Crippen LogP contribution in [0.4, 0.5) is 24.5 Å². The quantitative estimate of drug-likeness (QED) is 0.0518. The highest BCUT2D eigenvalue weighted by atomic mass is 32.2. The number of benzene rings is 3. The molecule has 3 saturated heterocycles. The molecule has 0 radical (unpaired) electrons. The summed E-state index contributed by atoms with van der Waals surface area (Å²) in [6.45, 7) is 11.5. The largest absolute Gasteiger partial charge is 0.370 e. The van der Waals surface area contributed by atoms with Crippen LogP contribution in [0.5, 0.6) is 0 Å². The van der Waals surface area contributed by atoms with E-state index in [0.29, 0.717) is 55.7 Å². The minimum absolute atomic E-state index is 0.00788. The Hall–Kier alpha value is -6.72. The van der Waals surface area contributed by atoms with Crippen molar-refractivity contribution >= 4 is 67.5 Å². The molecule has 3 aromatic carbocycles. The number of nitrogens with zero attached hydrogens (tertiary/aromatic N) is 6. The van der Waals surface area contributed by atoms with E-state index in [9.17, 15) is 32.0 Å². The summed E-state index contributed by atoms with van der Waals surface area (Å²) >= 11 is 1.58. The number of amides is 3. The number of ketones is 1. The van der Waals surface area contributed by atoms with Crippen LogP contribution in [-0.2, 0) is 35.9 Å². The zero-order valence-electron chi connectivity index (χ0n) is 42.7. The van der Waals surface area contributed by atoms with Gasteiger partial charge in [0.15, 0.2) is 5.82 Å². The number of aromatic amines is 1. The highest BCUT2D eigenvalue weighted by Gasteiger charge is 2.42. The number of aromatic nitrogens is 3. The first-order valence-corrected chi connectivity index (χ1v) is 27.6. The molecule has 3 aliphatic heterocycles. The summed E-state index contributed by atoms with van der Waals surface area (Å²) in [6, 6.07) is 17.7. The van der Waals surface area contributed by atoms with Gasteiger partial charge in [-0.25, -0.2) is 23.1 Å². The van der Waals surface area contributed by atoms with Crippen molar-refractivity contribution in [1.29, 1.82) is 0 Å². The number of fused-ring (bicyclic) bond motifs is 1. The third-order valence-electron chi connectivity index (χ3n) is 14.2. The van der Waals surface area contributed by atoms with Crippen LogP contribution in [-0.4, -0.2) is 145 Å². The summed E-state index contributed by atoms with van der Waals surface area (Å²) in [6.07, 6.45) is 2.76. The molecule has 17 nitrogen and oxygen atoms in total. The number of ether oxygens (including phenoxy) is 1. The Labute approximate surface area is 443 Å². The summed E-state index contributed by atoms with van der Waals surface area (Å²) in [7, 11) is -4.37. The predicted octanol–water partition coefficient (Wildman–Crippen LogP) is 6.85. The summed E-state index contributed by atoms with van der Waals surface area (Å²) in [5, 5.41) is 6.22. The van der Waals surface area contributed by atoms with Crippen molar-refractivity contribution in [2.75, 3.05) is 75.2 Å². The average Bonchev–Trinajstić information content (AvgIpc) is 4.27. The van der Waals surface area contributed by atoms with Crippen LogP contribution in [0.25, 0.3) is 32.6 Å². The number of alkyl halides is 1. The van der Waals surface area contributed by atoms with Crippen molar-refractivity contribution in [2.45, 2.75) is 71.8 Å². The van der Waals surface area contributed by atoms with Gasteiger partial charge >= 0.3 is 10.2 Å². The van der Waals surface area contributed by atoms with Crippen molar-refractivity contribution in [3.8, 4) is 21.6 Å². The van der Waals surface area contributed by atoms with Crippen LogP contribution in [0, 0.1) is 24.0 Å². The second kappa shape index (κ2) is 22.9. The van der Waals surface area contributed by atoms with Gasteiger partial charge in [-0.05, 0) is 78.6 Å². The number of rotatable bonds is 18. The van der Waals surface area contributed by atoms with E-state index in [1.54, 1.807) is 28.5 Å². The molecule has 76 heavy (non-hydrogen) atoms. The van der Waals surface area contributed by atoms with Crippen molar-refractivity contribution in [2.24, 2.45) is 5.41 Å². The second-order valence-corrected chi connectivity index (χ2v) is 23.0. The molecule has 3 amide bonds. The minimum Gasteiger partial charge on any atom is -0.370 e. The molecule has 0 saturated carbocycles. The standard InChI is InChI=1S/C54H61F3N10O7S2/c1-33-49(75-32-61-33)36-9-7-34(8-10-36)27-60-52(70)44-6-5-18-67(44)53(71)50(54(2,3)4)62-45(68)31-74-25-24-64-20-22-65(23-21-64)39-13-11-35(12-14-39)37-26-40-41(29-59-51(40)58-28-37)48(69)46-42(56)15-16-43(47(46)57)63-76(72,73)66-19-17-38(55)30-66/h7-16,26,28-29,32,38,44,50,63H,5-6,17-25,27,30-31H2,1-4H3,(H,58,59)(H,60,70)(H,62,68)/t38-,44+,50?/m1/s1. The van der Waals surface area contributed by atoms with E-state index >= 15 is 8.78 Å². The SMILES string of the molecule is Cc1ncsc1-c1ccc(CNC(=O)[C@@H]2CCCN2C(=O)C(NC(=O)COCCN2CCN(c3ccc(-c4cnc5[nH]cc(C(=O)c6c(F)ccc(NS(=O)(=O)N7CC[C@@H](F)C7)c6F)c5c4)cc3)CC2)C(C)(C)C)cc1. The molecule has 0 spiro atoms. The molecule has 3 aliphatic rings. The topological polar surface area (TPSA) is 202 Å². The Morgan fingerprint density at radius 1 is 0.908 bits per heavy atom.